The van der Waals surface area contributed by atoms with E-state index in [0.29, 0.717) is 6.54 Å². The van der Waals surface area contributed by atoms with Crippen LogP contribution in [-0.4, -0.2) is 44.7 Å². The molecule has 0 aromatic heterocycles. The van der Waals surface area contributed by atoms with Crippen LogP contribution in [0.2, 0.25) is 0 Å². The van der Waals surface area contributed by atoms with Crippen LogP contribution in [0.25, 0.3) is 0 Å². The topological polar surface area (TPSA) is 108 Å². The third-order valence-corrected chi connectivity index (χ3v) is 7.72. The minimum Gasteiger partial charge on any atom is -0.390 e. The molecule has 7 nitrogen and oxygen atoms in total. The van der Waals surface area contributed by atoms with Crippen molar-refractivity contribution in [2.75, 3.05) is 13.1 Å². The Morgan fingerprint density at radius 3 is 2.28 bits per heavy atom. The number of nitrogens with one attached hydrogen (secondary N) is 3. The first-order chi connectivity index (χ1) is 18.6. The number of halogens is 2. The summed E-state index contributed by atoms with van der Waals surface area (Å²) in [5, 5.41) is 16.7. The molecule has 3 rings (SSSR count). The third kappa shape index (κ3) is 9.81. The Kier molecular flexibility index (Phi) is 11.1. The predicted molar refractivity (Wildman–Crippen MR) is 147 cm³/mol. The van der Waals surface area contributed by atoms with Gasteiger partial charge in [-0.2, -0.15) is 0 Å². The first-order valence-corrected chi connectivity index (χ1v) is 14.3. The van der Waals surface area contributed by atoms with E-state index in [1.807, 2.05) is 25.1 Å². The van der Waals surface area contributed by atoms with E-state index >= 15 is 0 Å². The van der Waals surface area contributed by atoms with Crippen LogP contribution >= 0.6 is 0 Å². The number of aliphatic hydroxyl groups is 1. The number of rotatable bonds is 14. The van der Waals surface area contributed by atoms with E-state index in [2.05, 4.69) is 28.3 Å². The summed E-state index contributed by atoms with van der Waals surface area (Å²) in [6.45, 7) is 4.34. The van der Waals surface area contributed by atoms with Crippen molar-refractivity contribution >= 4 is 15.9 Å². The summed E-state index contributed by atoms with van der Waals surface area (Å²) in [4.78, 5) is 12.8. The maximum absolute atomic E-state index is 13.8. The van der Waals surface area contributed by atoms with Gasteiger partial charge in [-0.25, -0.2) is 21.9 Å². The molecule has 0 aliphatic carbocycles. The lowest BCUT2D eigenvalue weighted by Crippen LogP contribution is -2.49. The minimum absolute atomic E-state index is 0.0241. The molecule has 39 heavy (non-hydrogen) atoms. The molecule has 0 aliphatic heterocycles. The van der Waals surface area contributed by atoms with Crippen LogP contribution in [0, 0.1) is 18.6 Å². The number of aliphatic hydroxyl groups excluding tert-OH is 1. The first kappa shape index (κ1) is 30.4. The van der Waals surface area contributed by atoms with Crippen molar-refractivity contribution in [3.63, 3.8) is 0 Å². The van der Waals surface area contributed by atoms with Gasteiger partial charge in [0.25, 0.3) is 0 Å². The zero-order valence-corrected chi connectivity index (χ0v) is 22.9. The number of carbonyl (C=O) groups excluding carboxylic acids is 1. The molecule has 0 bridgehead atoms. The second-order valence-corrected chi connectivity index (χ2v) is 11.3. The molecule has 0 unspecified atom stereocenters. The average molecular weight is 560 g/mol. The van der Waals surface area contributed by atoms with Gasteiger partial charge < -0.3 is 15.7 Å². The van der Waals surface area contributed by atoms with Crippen LogP contribution in [0.3, 0.4) is 0 Å². The second kappa shape index (κ2) is 14.3. The summed E-state index contributed by atoms with van der Waals surface area (Å²) < 4.78 is 54.9. The molecule has 0 saturated heterocycles. The molecule has 0 spiro atoms. The lowest BCUT2D eigenvalue weighted by atomic mass is 10.00. The van der Waals surface area contributed by atoms with Crippen LogP contribution in [0.5, 0.6) is 0 Å². The summed E-state index contributed by atoms with van der Waals surface area (Å²) in [5.74, 6) is -2.04. The fraction of sp³-hybridized carbons (Fsp3) is 0.345. The lowest BCUT2D eigenvalue weighted by molar-refractivity contribution is -0.122. The van der Waals surface area contributed by atoms with Gasteiger partial charge in [0, 0.05) is 32.1 Å². The van der Waals surface area contributed by atoms with Crippen molar-refractivity contribution < 1.29 is 27.1 Å². The van der Waals surface area contributed by atoms with Gasteiger partial charge in [0.1, 0.15) is 11.6 Å². The third-order valence-electron chi connectivity index (χ3n) is 6.25. The maximum atomic E-state index is 13.8. The number of sulfonamides is 1. The van der Waals surface area contributed by atoms with Crippen molar-refractivity contribution in [3.05, 3.63) is 101 Å². The van der Waals surface area contributed by atoms with E-state index in [1.54, 1.807) is 12.1 Å². The van der Waals surface area contributed by atoms with Crippen LogP contribution in [0.15, 0.2) is 71.6 Å². The highest BCUT2D eigenvalue weighted by molar-refractivity contribution is 7.89. The van der Waals surface area contributed by atoms with Crippen LogP contribution < -0.4 is 15.4 Å². The standard InChI is InChI=1S/C29H35F2N3O4S/c1-3-21-5-4-6-22(13-21)18-32-19-28(35)27(16-23-14-24(30)17-25(31)15-23)34-29(36)11-12-33-39(37,38)26-9-7-20(2)8-10-26/h4-10,13-15,17,27-28,32-33,35H,3,11-12,16,18-19H2,1-2H3,(H,34,36)/t27-,28+/m0/s1. The van der Waals surface area contributed by atoms with E-state index in [4.69, 9.17) is 0 Å². The zero-order valence-electron chi connectivity index (χ0n) is 22.1. The fourth-order valence-corrected chi connectivity index (χ4v) is 5.14. The van der Waals surface area contributed by atoms with Crippen molar-refractivity contribution in [2.45, 2.75) is 56.7 Å². The SMILES string of the molecule is CCc1cccc(CNC[C@@H](O)[C@H](Cc2cc(F)cc(F)c2)NC(=O)CCNS(=O)(=O)c2ccc(C)cc2)c1. The predicted octanol–water partition coefficient (Wildman–Crippen LogP) is 3.38. The smallest absolute Gasteiger partial charge is 0.240 e. The highest BCUT2D eigenvalue weighted by Gasteiger charge is 2.23. The number of aryl methyl sites for hydroxylation is 2. The molecule has 4 N–H and O–H groups in total. The van der Waals surface area contributed by atoms with Gasteiger partial charge in [-0.3, -0.25) is 4.79 Å². The largest absolute Gasteiger partial charge is 0.390 e. The Bertz CT molecular complexity index is 1330. The molecule has 0 aliphatic rings. The number of amides is 1. The summed E-state index contributed by atoms with van der Waals surface area (Å²) in [5.41, 5.74) is 3.41. The van der Waals surface area contributed by atoms with E-state index in [9.17, 15) is 27.1 Å². The molecular formula is C29H35F2N3O4S. The number of hydrogen-bond donors (Lipinski definition) is 4. The Hall–Kier alpha value is -3.18. The Labute approximate surface area is 228 Å². The van der Waals surface area contributed by atoms with Gasteiger partial charge in [0.2, 0.25) is 15.9 Å². The Balaban J connectivity index is 1.61. The Morgan fingerprint density at radius 2 is 1.62 bits per heavy atom. The summed E-state index contributed by atoms with van der Waals surface area (Å²) >= 11 is 0. The Morgan fingerprint density at radius 1 is 0.949 bits per heavy atom. The van der Waals surface area contributed by atoms with Gasteiger partial charge in [0.05, 0.1) is 17.0 Å². The van der Waals surface area contributed by atoms with E-state index in [1.165, 1.54) is 17.7 Å². The summed E-state index contributed by atoms with van der Waals surface area (Å²) in [6, 6.07) is 16.5. The van der Waals surface area contributed by atoms with Crippen LogP contribution in [-0.2, 0) is 34.2 Å². The van der Waals surface area contributed by atoms with Gasteiger partial charge in [-0.05, 0) is 60.7 Å². The van der Waals surface area contributed by atoms with E-state index in [0.717, 1.165) is 35.7 Å². The van der Waals surface area contributed by atoms with Crippen LogP contribution in [0.1, 0.15) is 35.6 Å². The van der Waals surface area contributed by atoms with Gasteiger partial charge in [-0.1, -0.05) is 48.9 Å². The normalized spacial score (nSPS) is 13.2. The van der Waals surface area contributed by atoms with Gasteiger partial charge in [-0.15, -0.1) is 0 Å². The quantitative estimate of drug-likeness (QED) is 0.242. The molecule has 3 aromatic rings. The van der Waals surface area contributed by atoms with Crippen molar-refractivity contribution in [3.8, 4) is 0 Å². The average Bonchev–Trinajstić information content (AvgIpc) is 2.88. The minimum atomic E-state index is -3.79. The molecule has 10 heteroatoms. The van der Waals surface area contributed by atoms with Crippen molar-refractivity contribution in [2.24, 2.45) is 0 Å². The monoisotopic (exact) mass is 559 g/mol. The second-order valence-electron chi connectivity index (χ2n) is 9.49. The number of hydrogen-bond acceptors (Lipinski definition) is 5. The van der Waals surface area contributed by atoms with Gasteiger partial charge >= 0.3 is 0 Å². The molecule has 0 saturated carbocycles. The molecule has 0 fully saturated rings. The van der Waals surface area contributed by atoms with Crippen molar-refractivity contribution in [1.29, 1.82) is 0 Å². The van der Waals surface area contributed by atoms with Crippen molar-refractivity contribution in [1.82, 2.24) is 15.4 Å². The van der Waals surface area contributed by atoms with Gasteiger partial charge in [0.15, 0.2) is 0 Å². The van der Waals surface area contributed by atoms with E-state index in [-0.39, 0.29) is 36.4 Å². The molecule has 0 heterocycles. The van der Waals surface area contributed by atoms with E-state index < -0.39 is 39.7 Å². The highest BCUT2D eigenvalue weighted by Crippen LogP contribution is 2.13. The van der Waals surface area contributed by atoms with Crippen LogP contribution in [0.4, 0.5) is 8.78 Å². The molecule has 0 radical (unpaired) electrons. The fourth-order valence-electron chi connectivity index (χ4n) is 4.11. The summed E-state index contributed by atoms with van der Waals surface area (Å²) in [6.07, 6.45) is -0.401. The molecule has 210 valence electrons. The zero-order chi connectivity index (χ0) is 28.4. The number of carbonyl (C=O) groups is 1. The molecule has 2 atom stereocenters. The maximum Gasteiger partial charge on any atom is 0.240 e. The molecule has 3 aromatic carbocycles. The lowest BCUT2D eigenvalue weighted by Gasteiger charge is -2.25. The first-order valence-electron chi connectivity index (χ1n) is 12.8. The highest BCUT2D eigenvalue weighted by atomic mass is 32.2. The molecule has 1 amide bonds. The summed E-state index contributed by atoms with van der Waals surface area (Å²) in [7, 11) is -3.79. The number of benzene rings is 3. The molecular weight excluding hydrogens is 524 g/mol.